The molecular weight excluding hydrogens is 272 g/mol. The van der Waals surface area contributed by atoms with Gasteiger partial charge in [-0.3, -0.25) is 9.78 Å². The Morgan fingerprint density at radius 1 is 1.27 bits per heavy atom. The average Bonchev–Trinajstić information content (AvgIpc) is 3.30. The summed E-state index contributed by atoms with van der Waals surface area (Å²) in [6, 6.07) is 10.5. The van der Waals surface area contributed by atoms with E-state index in [1.54, 1.807) is 0 Å². The molecular formula is C19H22N2O. The summed E-state index contributed by atoms with van der Waals surface area (Å²) in [7, 11) is 0. The third kappa shape index (κ3) is 2.49. The molecule has 22 heavy (non-hydrogen) atoms. The quantitative estimate of drug-likeness (QED) is 0.848. The molecule has 1 saturated heterocycles. The molecule has 1 aromatic carbocycles. The highest BCUT2D eigenvalue weighted by Crippen LogP contribution is 2.40. The van der Waals surface area contributed by atoms with Gasteiger partial charge in [0.05, 0.1) is 0 Å². The van der Waals surface area contributed by atoms with Gasteiger partial charge in [-0.05, 0) is 36.6 Å². The van der Waals surface area contributed by atoms with Crippen molar-refractivity contribution < 1.29 is 4.79 Å². The van der Waals surface area contributed by atoms with Crippen molar-refractivity contribution in [2.45, 2.75) is 32.1 Å². The second-order valence-corrected chi connectivity index (χ2v) is 6.90. The molecule has 0 spiro atoms. The Kier molecular flexibility index (Phi) is 3.36. The Bertz CT molecular complexity index is 711. The van der Waals surface area contributed by atoms with E-state index in [4.69, 9.17) is 0 Å². The van der Waals surface area contributed by atoms with Gasteiger partial charge in [-0.2, -0.15) is 0 Å². The van der Waals surface area contributed by atoms with Crippen LogP contribution in [0.1, 0.15) is 37.8 Å². The molecule has 0 radical (unpaired) electrons. The topological polar surface area (TPSA) is 33.2 Å². The van der Waals surface area contributed by atoms with Gasteiger partial charge >= 0.3 is 0 Å². The lowest BCUT2D eigenvalue weighted by Crippen LogP contribution is -2.40. The molecule has 114 valence electrons. The summed E-state index contributed by atoms with van der Waals surface area (Å²) in [5.41, 5.74) is 1.14. The molecule has 2 aliphatic rings. The van der Waals surface area contributed by atoms with E-state index in [0.29, 0.717) is 23.7 Å². The van der Waals surface area contributed by atoms with Gasteiger partial charge in [0.25, 0.3) is 0 Å². The van der Waals surface area contributed by atoms with E-state index in [1.165, 1.54) is 10.8 Å². The maximum absolute atomic E-state index is 12.5. The van der Waals surface area contributed by atoms with Gasteiger partial charge in [-0.25, -0.2) is 0 Å². The van der Waals surface area contributed by atoms with Gasteiger partial charge in [0.1, 0.15) is 0 Å². The molecule has 3 nitrogen and oxygen atoms in total. The number of hydrogen-bond donors (Lipinski definition) is 0. The summed E-state index contributed by atoms with van der Waals surface area (Å²) in [5, 5.41) is 2.42. The number of nitrogens with zero attached hydrogens (tertiary/aromatic N) is 2. The monoisotopic (exact) mass is 294 g/mol. The number of piperidine rings is 1. The number of hydrogen-bond acceptors (Lipinski definition) is 2. The van der Waals surface area contributed by atoms with Crippen LogP contribution in [-0.2, 0) is 4.79 Å². The number of benzene rings is 1. The summed E-state index contributed by atoms with van der Waals surface area (Å²) in [6.45, 7) is 3.94. The maximum atomic E-state index is 12.5. The van der Waals surface area contributed by atoms with Crippen LogP contribution in [0.5, 0.6) is 0 Å². The van der Waals surface area contributed by atoms with Crippen LogP contribution in [0.4, 0.5) is 0 Å². The van der Waals surface area contributed by atoms with Crippen LogP contribution in [0, 0.1) is 11.8 Å². The molecule has 1 amide bonds. The van der Waals surface area contributed by atoms with Crippen molar-refractivity contribution in [2.75, 3.05) is 13.1 Å². The number of carbonyl (C=O) groups excluding carboxylic acids is 1. The number of likely N-dealkylation sites (tertiary alicyclic amines) is 1. The van der Waals surface area contributed by atoms with Crippen molar-refractivity contribution in [1.29, 1.82) is 0 Å². The first-order valence-corrected chi connectivity index (χ1v) is 8.36. The Morgan fingerprint density at radius 2 is 2.05 bits per heavy atom. The minimum Gasteiger partial charge on any atom is -0.342 e. The predicted molar refractivity (Wildman–Crippen MR) is 87.6 cm³/mol. The Morgan fingerprint density at radius 3 is 2.82 bits per heavy atom. The zero-order chi connectivity index (χ0) is 15.1. The number of rotatable bonds is 2. The lowest BCUT2D eigenvalue weighted by atomic mass is 9.93. The van der Waals surface area contributed by atoms with Crippen LogP contribution in [0.3, 0.4) is 0 Å². The van der Waals surface area contributed by atoms with Gasteiger partial charge in [-0.1, -0.05) is 31.2 Å². The molecule has 1 saturated carbocycles. The molecule has 2 aromatic rings. The zero-order valence-electron chi connectivity index (χ0n) is 13.0. The fraction of sp³-hybridized carbons (Fsp3) is 0.474. The van der Waals surface area contributed by atoms with E-state index in [0.717, 1.165) is 38.0 Å². The Balaban J connectivity index is 1.54. The summed E-state index contributed by atoms with van der Waals surface area (Å²) < 4.78 is 0. The Labute approximate surface area is 131 Å². The molecule has 1 aliphatic carbocycles. The van der Waals surface area contributed by atoms with Gasteiger partial charge in [0.2, 0.25) is 5.91 Å². The molecule has 0 bridgehead atoms. The van der Waals surface area contributed by atoms with E-state index >= 15 is 0 Å². The van der Waals surface area contributed by atoms with Crippen molar-refractivity contribution in [1.82, 2.24) is 9.88 Å². The second-order valence-electron chi connectivity index (χ2n) is 6.90. The molecule has 3 heteroatoms. The smallest absolute Gasteiger partial charge is 0.225 e. The normalized spacial score (nSPS) is 27.9. The van der Waals surface area contributed by atoms with Crippen molar-refractivity contribution in [3.8, 4) is 0 Å². The first-order chi connectivity index (χ1) is 10.7. The van der Waals surface area contributed by atoms with Crippen molar-refractivity contribution in [3.63, 3.8) is 0 Å². The predicted octanol–water partition coefficient (Wildman–Crippen LogP) is 3.60. The minimum atomic E-state index is 0.295. The van der Waals surface area contributed by atoms with E-state index < -0.39 is 0 Å². The first-order valence-electron chi connectivity index (χ1n) is 8.36. The van der Waals surface area contributed by atoms with Crippen LogP contribution < -0.4 is 0 Å². The highest BCUT2D eigenvalue weighted by Gasteiger charge is 2.42. The molecule has 2 heterocycles. The van der Waals surface area contributed by atoms with Crippen molar-refractivity contribution in [3.05, 3.63) is 42.2 Å². The molecule has 0 N–H and O–H groups in total. The van der Waals surface area contributed by atoms with E-state index in [2.05, 4.69) is 41.1 Å². The molecule has 4 rings (SSSR count). The summed E-state index contributed by atoms with van der Waals surface area (Å²) in [5.74, 6) is 1.64. The number of aromatic nitrogens is 1. The van der Waals surface area contributed by atoms with Crippen LogP contribution >= 0.6 is 0 Å². The van der Waals surface area contributed by atoms with Gasteiger partial charge in [0, 0.05) is 42.2 Å². The first kappa shape index (κ1) is 13.7. The SMILES string of the molecule is C[C@@H]1C[C@H]1C(=O)N1CCC[C@H](c2cc3ccccc3cn2)C1. The van der Waals surface area contributed by atoms with Crippen molar-refractivity contribution >= 4 is 16.7 Å². The summed E-state index contributed by atoms with van der Waals surface area (Å²) in [4.78, 5) is 19.2. The number of amides is 1. The van der Waals surface area contributed by atoms with E-state index in [-0.39, 0.29) is 0 Å². The van der Waals surface area contributed by atoms with Crippen LogP contribution in [0.15, 0.2) is 36.5 Å². The highest BCUT2D eigenvalue weighted by atomic mass is 16.2. The standard InChI is InChI=1S/C19H22N2O/c1-13-9-17(13)19(22)21-8-4-7-16(12-21)18-10-14-5-2-3-6-15(14)11-20-18/h2-3,5-6,10-11,13,16-17H,4,7-9,12H2,1H3/t13-,16+,17-/m1/s1. The lowest BCUT2D eigenvalue weighted by molar-refractivity contribution is -0.134. The summed E-state index contributed by atoms with van der Waals surface area (Å²) in [6.07, 6.45) is 5.27. The van der Waals surface area contributed by atoms with Gasteiger partial charge < -0.3 is 4.90 Å². The summed E-state index contributed by atoms with van der Waals surface area (Å²) >= 11 is 0. The number of fused-ring (bicyclic) bond motifs is 1. The lowest BCUT2D eigenvalue weighted by Gasteiger charge is -2.33. The third-order valence-corrected chi connectivity index (χ3v) is 5.23. The zero-order valence-corrected chi connectivity index (χ0v) is 13.0. The fourth-order valence-electron chi connectivity index (χ4n) is 3.64. The second kappa shape index (κ2) is 5.38. The molecule has 0 unspecified atom stereocenters. The largest absolute Gasteiger partial charge is 0.342 e. The molecule has 2 fully saturated rings. The third-order valence-electron chi connectivity index (χ3n) is 5.23. The van der Waals surface area contributed by atoms with Crippen LogP contribution in [0.2, 0.25) is 0 Å². The maximum Gasteiger partial charge on any atom is 0.225 e. The highest BCUT2D eigenvalue weighted by molar-refractivity contribution is 5.82. The van der Waals surface area contributed by atoms with Crippen LogP contribution in [-0.4, -0.2) is 28.9 Å². The molecule has 1 aromatic heterocycles. The van der Waals surface area contributed by atoms with E-state index in [1.807, 2.05) is 12.3 Å². The average molecular weight is 294 g/mol. The molecule has 1 aliphatic heterocycles. The van der Waals surface area contributed by atoms with E-state index in [9.17, 15) is 4.79 Å². The number of carbonyl (C=O) groups is 1. The minimum absolute atomic E-state index is 0.295. The Hall–Kier alpha value is -1.90. The van der Waals surface area contributed by atoms with Crippen LogP contribution in [0.25, 0.3) is 10.8 Å². The van der Waals surface area contributed by atoms with Gasteiger partial charge in [-0.15, -0.1) is 0 Å². The molecule has 3 atom stereocenters. The van der Waals surface area contributed by atoms with Crippen molar-refractivity contribution in [2.24, 2.45) is 11.8 Å². The fourth-order valence-corrected chi connectivity index (χ4v) is 3.64. The number of pyridine rings is 1. The van der Waals surface area contributed by atoms with Gasteiger partial charge in [0.15, 0.2) is 0 Å².